The van der Waals surface area contributed by atoms with Gasteiger partial charge in [-0.25, -0.2) is 0 Å². The van der Waals surface area contributed by atoms with E-state index < -0.39 is 0 Å². The van der Waals surface area contributed by atoms with E-state index in [4.69, 9.17) is 0 Å². The molecule has 0 bridgehead atoms. The quantitative estimate of drug-likeness (QED) is 0.831. The Bertz CT molecular complexity index is 355. The Hall–Kier alpha value is -0.990. The minimum Gasteiger partial charge on any atom is -0.380 e. The molecule has 0 radical (unpaired) electrons. The molecule has 0 atom stereocenters. The molecular weight excluding hydrogens is 198 g/mol. The normalized spacial score (nSPS) is 21.0. The maximum Gasteiger partial charge on any atom is 0.0758 e. The van der Waals surface area contributed by atoms with Crippen molar-refractivity contribution in [3.63, 3.8) is 0 Å². The van der Waals surface area contributed by atoms with Gasteiger partial charge in [-0.2, -0.15) is 5.10 Å². The van der Waals surface area contributed by atoms with Crippen molar-refractivity contribution in [3.8, 4) is 0 Å². The fourth-order valence-corrected chi connectivity index (χ4v) is 2.40. The van der Waals surface area contributed by atoms with E-state index in [0.717, 1.165) is 0 Å². The first kappa shape index (κ1) is 11.5. The van der Waals surface area contributed by atoms with Crippen molar-refractivity contribution in [2.75, 3.05) is 5.32 Å². The summed E-state index contributed by atoms with van der Waals surface area (Å²) in [7, 11) is 1.99. The van der Waals surface area contributed by atoms with E-state index in [1.807, 2.05) is 17.9 Å². The highest BCUT2D eigenvalue weighted by Gasteiger charge is 2.26. The molecule has 1 N–H and O–H groups in total. The van der Waals surface area contributed by atoms with Gasteiger partial charge in [0.1, 0.15) is 0 Å². The van der Waals surface area contributed by atoms with Crippen LogP contribution in [0.1, 0.15) is 45.2 Å². The van der Waals surface area contributed by atoms with Crippen molar-refractivity contribution >= 4 is 5.69 Å². The van der Waals surface area contributed by atoms with Crippen LogP contribution in [0.3, 0.4) is 0 Å². The molecule has 3 heteroatoms. The molecular formula is C13H23N3. The van der Waals surface area contributed by atoms with Crippen LogP contribution >= 0.6 is 0 Å². The van der Waals surface area contributed by atoms with Gasteiger partial charge in [-0.15, -0.1) is 0 Å². The van der Waals surface area contributed by atoms with E-state index in [-0.39, 0.29) is 0 Å². The Morgan fingerprint density at radius 3 is 2.50 bits per heavy atom. The Morgan fingerprint density at radius 1 is 1.38 bits per heavy atom. The zero-order valence-electron chi connectivity index (χ0n) is 10.9. The van der Waals surface area contributed by atoms with Gasteiger partial charge < -0.3 is 5.32 Å². The van der Waals surface area contributed by atoms with Gasteiger partial charge in [-0.3, -0.25) is 4.68 Å². The van der Waals surface area contributed by atoms with Gasteiger partial charge in [0, 0.05) is 13.1 Å². The summed E-state index contributed by atoms with van der Waals surface area (Å²) < 4.78 is 1.93. The fourth-order valence-electron chi connectivity index (χ4n) is 2.40. The third-order valence-corrected chi connectivity index (χ3v) is 3.93. The molecule has 1 aromatic heterocycles. The molecule has 0 saturated heterocycles. The van der Waals surface area contributed by atoms with Crippen LogP contribution in [-0.4, -0.2) is 15.8 Å². The van der Waals surface area contributed by atoms with E-state index in [0.29, 0.717) is 11.5 Å². The lowest BCUT2D eigenvalue weighted by Crippen LogP contribution is -2.29. The predicted octanol–water partition coefficient (Wildman–Crippen LogP) is 3.11. The van der Waals surface area contributed by atoms with Crippen molar-refractivity contribution in [2.45, 2.75) is 52.5 Å². The molecule has 1 aliphatic rings. The van der Waals surface area contributed by atoms with Gasteiger partial charge in [0.05, 0.1) is 17.6 Å². The largest absolute Gasteiger partial charge is 0.380 e. The van der Waals surface area contributed by atoms with Gasteiger partial charge in [0.15, 0.2) is 0 Å². The van der Waals surface area contributed by atoms with Crippen LogP contribution in [0.4, 0.5) is 5.69 Å². The van der Waals surface area contributed by atoms with Crippen LogP contribution in [0.15, 0.2) is 6.20 Å². The van der Waals surface area contributed by atoms with Gasteiger partial charge >= 0.3 is 0 Å². The fraction of sp³-hybridized carbons (Fsp3) is 0.769. The second-order valence-electron chi connectivity index (χ2n) is 5.85. The smallest absolute Gasteiger partial charge is 0.0758 e. The molecule has 0 aromatic carbocycles. The number of hydrogen-bond acceptors (Lipinski definition) is 2. The molecule has 1 aliphatic carbocycles. The number of nitrogens with one attached hydrogen (secondary N) is 1. The number of hydrogen-bond donors (Lipinski definition) is 1. The maximum absolute atomic E-state index is 4.26. The zero-order valence-corrected chi connectivity index (χ0v) is 10.9. The van der Waals surface area contributed by atoms with Gasteiger partial charge in [-0.1, -0.05) is 13.8 Å². The molecule has 0 spiro atoms. The molecule has 1 fully saturated rings. The monoisotopic (exact) mass is 221 g/mol. The average Bonchev–Trinajstić information content (AvgIpc) is 2.53. The lowest BCUT2D eigenvalue weighted by molar-refractivity contribution is 0.232. The summed E-state index contributed by atoms with van der Waals surface area (Å²) in [6.45, 7) is 6.86. The first-order valence-corrected chi connectivity index (χ1v) is 6.23. The first-order valence-electron chi connectivity index (χ1n) is 6.23. The summed E-state index contributed by atoms with van der Waals surface area (Å²) in [5.41, 5.74) is 2.97. The highest BCUT2D eigenvalue weighted by molar-refractivity contribution is 5.46. The van der Waals surface area contributed by atoms with E-state index in [2.05, 4.69) is 31.2 Å². The molecule has 16 heavy (non-hydrogen) atoms. The van der Waals surface area contributed by atoms with Crippen molar-refractivity contribution < 1.29 is 0 Å². The molecule has 2 rings (SSSR count). The maximum atomic E-state index is 4.26. The van der Waals surface area contributed by atoms with E-state index in [1.165, 1.54) is 37.1 Å². The van der Waals surface area contributed by atoms with E-state index in [9.17, 15) is 0 Å². The van der Waals surface area contributed by atoms with Crippen LogP contribution < -0.4 is 5.32 Å². The van der Waals surface area contributed by atoms with Crippen molar-refractivity contribution in [3.05, 3.63) is 11.9 Å². The number of nitrogens with zero attached hydrogens (tertiary/aromatic N) is 2. The van der Waals surface area contributed by atoms with Gasteiger partial charge in [-0.05, 0) is 38.0 Å². The van der Waals surface area contributed by atoms with E-state index in [1.54, 1.807) is 0 Å². The summed E-state index contributed by atoms with van der Waals surface area (Å²) in [6.07, 6.45) is 7.14. The topological polar surface area (TPSA) is 29.9 Å². The number of rotatable bonds is 2. The minimum atomic E-state index is 0.544. The van der Waals surface area contributed by atoms with Crippen molar-refractivity contribution in [1.82, 2.24) is 9.78 Å². The van der Waals surface area contributed by atoms with E-state index >= 15 is 0 Å². The number of aryl methyl sites for hydroxylation is 1. The third-order valence-electron chi connectivity index (χ3n) is 3.93. The molecule has 0 amide bonds. The SMILES string of the molecule is Cc1c(NC2CCC(C)(C)CC2)cnn1C. The second kappa shape index (κ2) is 4.11. The van der Waals surface area contributed by atoms with Crippen molar-refractivity contribution in [1.29, 1.82) is 0 Å². The average molecular weight is 221 g/mol. The number of anilines is 1. The highest BCUT2D eigenvalue weighted by atomic mass is 15.3. The minimum absolute atomic E-state index is 0.544. The molecule has 1 saturated carbocycles. The molecule has 0 unspecified atom stereocenters. The zero-order chi connectivity index (χ0) is 11.8. The van der Waals surface area contributed by atoms with Crippen LogP contribution in [0.2, 0.25) is 0 Å². The second-order valence-corrected chi connectivity index (χ2v) is 5.85. The molecule has 0 aliphatic heterocycles. The van der Waals surface area contributed by atoms with Gasteiger partial charge in [0.2, 0.25) is 0 Å². The summed E-state index contributed by atoms with van der Waals surface area (Å²) in [5.74, 6) is 0. The van der Waals surface area contributed by atoms with Crippen LogP contribution in [-0.2, 0) is 7.05 Å². The lowest BCUT2D eigenvalue weighted by Gasteiger charge is -2.34. The van der Waals surface area contributed by atoms with Gasteiger partial charge in [0.25, 0.3) is 0 Å². The highest BCUT2D eigenvalue weighted by Crippen LogP contribution is 2.36. The molecule has 90 valence electrons. The van der Waals surface area contributed by atoms with Crippen LogP contribution in [0, 0.1) is 12.3 Å². The Balaban J connectivity index is 1.94. The molecule has 1 aromatic rings. The van der Waals surface area contributed by atoms with Crippen LogP contribution in [0.25, 0.3) is 0 Å². The summed E-state index contributed by atoms with van der Waals surface area (Å²) >= 11 is 0. The Morgan fingerprint density at radius 2 is 2.00 bits per heavy atom. The first-order chi connectivity index (χ1) is 7.48. The number of aromatic nitrogens is 2. The van der Waals surface area contributed by atoms with Crippen LogP contribution in [0.5, 0.6) is 0 Å². The summed E-state index contributed by atoms with van der Waals surface area (Å²) in [5, 5.41) is 7.89. The Kier molecular flexibility index (Phi) is 2.96. The van der Waals surface area contributed by atoms with Crippen molar-refractivity contribution in [2.24, 2.45) is 12.5 Å². The third kappa shape index (κ3) is 2.39. The summed E-state index contributed by atoms with van der Waals surface area (Å²) in [6, 6.07) is 0.635. The molecule has 3 nitrogen and oxygen atoms in total. The summed E-state index contributed by atoms with van der Waals surface area (Å²) in [4.78, 5) is 0. The molecule has 1 heterocycles. The standard InChI is InChI=1S/C13H23N3/c1-10-12(9-14-16(10)4)15-11-5-7-13(2,3)8-6-11/h9,11,15H,5-8H2,1-4H3. The predicted molar refractivity (Wildman–Crippen MR) is 67.6 cm³/mol. The lowest BCUT2D eigenvalue weighted by atomic mass is 9.75. The Labute approximate surface area is 98.2 Å².